The Morgan fingerprint density at radius 2 is 2.08 bits per heavy atom. The van der Waals surface area contributed by atoms with Gasteiger partial charge in [-0.2, -0.15) is 0 Å². The van der Waals surface area contributed by atoms with Gasteiger partial charge in [-0.25, -0.2) is 0 Å². The molecule has 0 fully saturated rings. The van der Waals surface area contributed by atoms with E-state index in [0.717, 1.165) is 23.3 Å². The summed E-state index contributed by atoms with van der Waals surface area (Å²) in [5.74, 6) is 1.19. The van der Waals surface area contributed by atoms with E-state index in [4.69, 9.17) is 9.47 Å². The highest BCUT2D eigenvalue weighted by molar-refractivity contribution is 6.03. The Bertz CT molecular complexity index is 886. The molecule has 0 saturated carbocycles. The Labute approximate surface area is 152 Å². The number of methoxy groups -OCH3 is 1. The minimum atomic E-state index is -0.289. The molecule has 1 aliphatic rings. The number of fused-ring (bicyclic) bond motifs is 1. The van der Waals surface area contributed by atoms with Crippen LogP contribution in [0.1, 0.15) is 35.3 Å². The van der Waals surface area contributed by atoms with Crippen LogP contribution < -0.4 is 14.8 Å². The lowest BCUT2D eigenvalue weighted by Gasteiger charge is -2.08. The number of ether oxygens (including phenoxy) is 2. The van der Waals surface area contributed by atoms with Crippen LogP contribution in [-0.4, -0.2) is 24.9 Å². The molecule has 3 rings (SSSR count). The fourth-order valence-corrected chi connectivity index (χ4v) is 2.93. The third kappa shape index (κ3) is 3.94. The maximum Gasteiger partial charge on any atom is 0.248 e. The molecule has 0 radical (unpaired) electrons. The molecule has 5 nitrogen and oxygen atoms in total. The van der Waals surface area contributed by atoms with Crippen LogP contribution in [0.5, 0.6) is 11.5 Å². The molecule has 0 aliphatic carbocycles. The fourth-order valence-electron chi connectivity index (χ4n) is 2.93. The number of nitrogens with one attached hydrogen (secondary N) is 1. The summed E-state index contributed by atoms with van der Waals surface area (Å²) in [4.78, 5) is 23.6. The van der Waals surface area contributed by atoms with Crippen molar-refractivity contribution in [2.24, 2.45) is 0 Å². The van der Waals surface area contributed by atoms with Gasteiger partial charge in [-0.3, -0.25) is 9.59 Å². The van der Waals surface area contributed by atoms with Gasteiger partial charge in [-0.15, -0.1) is 0 Å². The zero-order valence-corrected chi connectivity index (χ0v) is 15.0. The van der Waals surface area contributed by atoms with Crippen LogP contribution >= 0.6 is 0 Å². The standard InChI is InChI=1S/C21H21NO4/c1-13-9-17-12-19(25-3)16(11-20(17)26-13)7-8-21(24)22-18-6-4-5-15(10-18)14(2)23/h4-8,10-13H,9H2,1-3H3,(H,22,24)/b8-7+/t13-/m0/s1. The Kier molecular flexibility index (Phi) is 5.07. The third-order valence-electron chi connectivity index (χ3n) is 4.20. The van der Waals surface area contributed by atoms with Gasteiger partial charge in [0.05, 0.1) is 7.11 Å². The minimum absolute atomic E-state index is 0.0475. The smallest absolute Gasteiger partial charge is 0.248 e. The summed E-state index contributed by atoms with van der Waals surface area (Å²) in [6.45, 7) is 3.51. The monoisotopic (exact) mass is 351 g/mol. The number of anilines is 1. The second kappa shape index (κ2) is 7.44. The van der Waals surface area contributed by atoms with Crippen LogP contribution in [0.15, 0.2) is 42.5 Å². The van der Waals surface area contributed by atoms with Crippen LogP contribution in [0.25, 0.3) is 6.08 Å². The lowest BCUT2D eigenvalue weighted by atomic mass is 10.1. The van der Waals surface area contributed by atoms with Crippen LogP contribution in [-0.2, 0) is 11.2 Å². The number of hydrogen-bond acceptors (Lipinski definition) is 4. The Morgan fingerprint density at radius 1 is 1.27 bits per heavy atom. The molecule has 1 amide bonds. The highest BCUT2D eigenvalue weighted by Crippen LogP contribution is 2.35. The highest BCUT2D eigenvalue weighted by Gasteiger charge is 2.21. The Balaban J connectivity index is 1.75. The average Bonchev–Trinajstić information content (AvgIpc) is 2.98. The van der Waals surface area contributed by atoms with E-state index in [1.807, 2.05) is 19.1 Å². The summed E-state index contributed by atoms with van der Waals surface area (Å²) < 4.78 is 11.2. The molecule has 0 spiro atoms. The summed E-state index contributed by atoms with van der Waals surface area (Å²) in [5, 5.41) is 2.75. The van der Waals surface area contributed by atoms with Crippen molar-refractivity contribution >= 4 is 23.5 Å². The van der Waals surface area contributed by atoms with Crippen molar-refractivity contribution in [3.63, 3.8) is 0 Å². The van der Waals surface area contributed by atoms with E-state index in [2.05, 4.69) is 5.32 Å². The van der Waals surface area contributed by atoms with Gasteiger partial charge in [0.15, 0.2) is 5.78 Å². The van der Waals surface area contributed by atoms with E-state index < -0.39 is 0 Å². The molecule has 0 aromatic heterocycles. The van der Waals surface area contributed by atoms with Crippen molar-refractivity contribution in [1.29, 1.82) is 0 Å². The van der Waals surface area contributed by atoms with Crippen LogP contribution in [0.4, 0.5) is 5.69 Å². The normalized spacial score (nSPS) is 15.4. The predicted octanol–water partition coefficient (Wildman–Crippen LogP) is 3.87. The van der Waals surface area contributed by atoms with E-state index in [0.29, 0.717) is 17.0 Å². The molecule has 2 aromatic carbocycles. The van der Waals surface area contributed by atoms with Gasteiger partial charge in [-0.05, 0) is 44.2 Å². The van der Waals surface area contributed by atoms with E-state index in [9.17, 15) is 9.59 Å². The summed E-state index contributed by atoms with van der Waals surface area (Å²) in [6, 6.07) is 10.7. The Hall–Kier alpha value is -3.08. The Morgan fingerprint density at radius 3 is 2.81 bits per heavy atom. The van der Waals surface area contributed by atoms with E-state index in [-0.39, 0.29) is 17.8 Å². The maximum absolute atomic E-state index is 12.2. The number of amides is 1. The van der Waals surface area contributed by atoms with Gasteiger partial charge in [0.25, 0.3) is 0 Å². The molecular formula is C21H21NO4. The lowest BCUT2D eigenvalue weighted by molar-refractivity contribution is -0.111. The quantitative estimate of drug-likeness (QED) is 0.656. The number of carbonyl (C=O) groups excluding carboxylic acids is 2. The molecule has 2 aromatic rings. The molecule has 1 aliphatic heterocycles. The molecule has 1 heterocycles. The molecule has 1 atom stereocenters. The second-order valence-electron chi connectivity index (χ2n) is 6.29. The van der Waals surface area contributed by atoms with Crippen LogP contribution in [0, 0.1) is 0 Å². The summed E-state index contributed by atoms with van der Waals surface area (Å²) in [5.41, 5.74) is 3.01. The summed E-state index contributed by atoms with van der Waals surface area (Å²) >= 11 is 0. The van der Waals surface area contributed by atoms with Crippen molar-refractivity contribution in [2.45, 2.75) is 26.4 Å². The van der Waals surface area contributed by atoms with Gasteiger partial charge in [0.1, 0.15) is 17.6 Å². The van der Waals surface area contributed by atoms with E-state index in [1.165, 1.54) is 13.0 Å². The number of rotatable bonds is 5. The minimum Gasteiger partial charge on any atom is -0.496 e. The SMILES string of the molecule is COc1cc2c(cc1/C=C/C(=O)Nc1cccc(C(C)=O)c1)O[C@@H](C)C2. The molecule has 0 saturated heterocycles. The maximum atomic E-state index is 12.2. The first-order valence-corrected chi connectivity index (χ1v) is 8.44. The van der Waals surface area contributed by atoms with Gasteiger partial charge in [0, 0.05) is 34.9 Å². The largest absolute Gasteiger partial charge is 0.496 e. The topological polar surface area (TPSA) is 64.6 Å². The van der Waals surface area contributed by atoms with E-state index >= 15 is 0 Å². The predicted molar refractivity (Wildman–Crippen MR) is 101 cm³/mol. The number of carbonyl (C=O) groups is 2. The van der Waals surface area contributed by atoms with Crippen LogP contribution in [0.3, 0.4) is 0 Å². The molecule has 0 unspecified atom stereocenters. The van der Waals surface area contributed by atoms with Gasteiger partial charge >= 0.3 is 0 Å². The first-order chi connectivity index (χ1) is 12.5. The number of benzene rings is 2. The van der Waals surface area contributed by atoms with Gasteiger partial charge < -0.3 is 14.8 Å². The van der Waals surface area contributed by atoms with Crippen molar-refractivity contribution < 1.29 is 19.1 Å². The molecule has 26 heavy (non-hydrogen) atoms. The summed E-state index contributed by atoms with van der Waals surface area (Å²) in [7, 11) is 1.60. The molecule has 1 N–H and O–H groups in total. The second-order valence-corrected chi connectivity index (χ2v) is 6.29. The lowest BCUT2D eigenvalue weighted by Crippen LogP contribution is -2.08. The third-order valence-corrected chi connectivity index (χ3v) is 4.20. The van der Waals surface area contributed by atoms with Gasteiger partial charge in [0.2, 0.25) is 5.91 Å². The first kappa shape index (κ1) is 17.7. The zero-order chi connectivity index (χ0) is 18.7. The zero-order valence-electron chi connectivity index (χ0n) is 15.0. The summed E-state index contributed by atoms with van der Waals surface area (Å²) in [6.07, 6.45) is 4.12. The molecule has 0 bridgehead atoms. The first-order valence-electron chi connectivity index (χ1n) is 8.44. The van der Waals surface area contributed by atoms with Crippen molar-refractivity contribution in [1.82, 2.24) is 0 Å². The number of Topliss-reactive ketones (excluding diaryl/α,β-unsaturated/α-hetero) is 1. The van der Waals surface area contributed by atoms with Crippen LogP contribution in [0.2, 0.25) is 0 Å². The molecular weight excluding hydrogens is 330 g/mol. The number of hydrogen-bond donors (Lipinski definition) is 1. The average molecular weight is 351 g/mol. The van der Waals surface area contributed by atoms with Crippen molar-refractivity contribution in [3.05, 3.63) is 59.2 Å². The number of ketones is 1. The fraction of sp³-hybridized carbons (Fsp3) is 0.238. The van der Waals surface area contributed by atoms with E-state index in [1.54, 1.807) is 37.5 Å². The molecule has 134 valence electrons. The van der Waals surface area contributed by atoms with Crippen molar-refractivity contribution in [3.8, 4) is 11.5 Å². The molecule has 5 heteroatoms. The van der Waals surface area contributed by atoms with Gasteiger partial charge in [-0.1, -0.05) is 12.1 Å². The van der Waals surface area contributed by atoms with Crippen molar-refractivity contribution in [2.75, 3.05) is 12.4 Å². The highest BCUT2D eigenvalue weighted by atomic mass is 16.5.